The van der Waals surface area contributed by atoms with Gasteiger partial charge in [0.25, 0.3) is 6.29 Å². The van der Waals surface area contributed by atoms with Crippen molar-refractivity contribution in [1.29, 1.82) is 0 Å². The number of nitrogens with zero attached hydrogens (tertiary/aromatic N) is 2. The van der Waals surface area contributed by atoms with Crippen LogP contribution in [0.25, 0.3) is 0 Å². The molecule has 1 aromatic carbocycles. The average Bonchev–Trinajstić information content (AvgIpc) is 2.80. The first-order valence-electron chi connectivity index (χ1n) is 8.07. The number of anilines is 2. The van der Waals surface area contributed by atoms with Crippen LogP contribution in [0, 0.1) is 5.82 Å². The molecule has 1 unspecified atom stereocenters. The summed E-state index contributed by atoms with van der Waals surface area (Å²) in [6.45, 7) is 2.55. The predicted octanol–water partition coefficient (Wildman–Crippen LogP) is 1.69. The van der Waals surface area contributed by atoms with Gasteiger partial charge in [-0.3, -0.25) is 4.90 Å². The summed E-state index contributed by atoms with van der Waals surface area (Å²) in [7, 11) is 1.40. The summed E-state index contributed by atoms with van der Waals surface area (Å²) in [6, 6.07) is 4.56. The van der Waals surface area contributed by atoms with E-state index < -0.39 is 24.3 Å². The van der Waals surface area contributed by atoms with Gasteiger partial charge < -0.3 is 24.4 Å². The molecular weight excluding hydrogens is 333 g/mol. The Hall–Kier alpha value is -2.55. The zero-order chi connectivity index (χ0) is 17.8. The Bertz CT molecular complexity index is 649. The second-order valence-corrected chi connectivity index (χ2v) is 5.67. The number of rotatable bonds is 3. The molecule has 136 valence electrons. The molecule has 9 heteroatoms. The summed E-state index contributed by atoms with van der Waals surface area (Å²) in [5, 5.41) is 2.27. The number of alkyl carbamates (subject to hydrolysis) is 1. The number of carbonyl (C=O) groups excluding carboxylic acids is 2. The van der Waals surface area contributed by atoms with E-state index in [2.05, 4.69) is 5.32 Å². The normalized spacial score (nSPS) is 20.9. The van der Waals surface area contributed by atoms with E-state index in [1.54, 1.807) is 12.1 Å². The third-order valence-electron chi connectivity index (χ3n) is 4.03. The second-order valence-electron chi connectivity index (χ2n) is 5.67. The van der Waals surface area contributed by atoms with Crippen LogP contribution in [0.5, 0.6) is 0 Å². The smallest absolute Gasteiger partial charge is 0.407 e. The molecule has 0 radical (unpaired) electrons. The third kappa shape index (κ3) is 3.93. The van der Waals surface area contributed by atoms with Gasteiger partial charge in [0.15, 0.2) is 0 Å². The van der Waals surface area contributed by atoms with Crippen LogP contribution in [0.3, 0.4) is 0 Å². The Morgan fingerprint density at radius 1 is 1.36 bits per heavy atom. The molecule has 3 rings (SSSR count). The molecule has 25 heavy (non-hydrogen) atoms. The van der Waals surface area contributed by atoms with E-state index in [1.807, 2.05) is 4.90 Å². The molecule has 2 aliphatic heterocycles. The number of ether oxygens (including phenoxy) is 3. The Morgan fingerprint density at radius 2 is 2.20 bits per heavy atom. The molecule has 2 saturated heterocycles. The van der Waals surface area contributed by atoms with Crippen molar-refractivity contribution in [3.05, 3.63) is 24.0 Å². The summed E-state index contributed by atoms with van der Waals surface area (Å²) in [4.78, 5) is 26.3. The Kier molecular flexibility index (Phi) is 5.22. The summed E-state index contributed by atoms with van der Waals surface area (Å²) in [5.74, 6) is -0.428. The van der Waals surface area contributed by atoms with Crippen molar-refractivity contribution in [2.45, 2.75) is 12.7 Å². The van der Waals surface area contributed by atoms with E-state index in [4.69, 9.17) is 14.2 Å². The molecule has 2 fully saturated rings. The number of cyclic esters (lactones) is 1. The number of halogens is 1. The van der Waals surface area contributed by atoms with Crippen molar-refractivity contribution >= 4 is 23.6 Å². The van der Waals surface area contributed by atoms with Gasteiger partial charge in [0, 0.05) is 26.7 Å². The fraction of sp³-hybridized carbons (Fsp3) is 0.500. The van der Waals surface area contributed by atoms with E-state index in [1.165, 1.54) is 18.0 Å². The molecule has 1 N–H and O–H groups in total. The first kappa shape index (κ1) is 17.3. The molecular formula is C16H20FN3O5. The summed E-state index contributed by atoms with van der Waals surface area (Å²) < 4.78 is 29.8. The predicted molar refractivity (Wildman–Crippen MR) is 87.2 cm³/mol. The molecule has 1 aromatic rings. The van der Waals surface area contributed by atoms with Crippen molar-refractivity contribution < 1.29 is 28.2 Å². The quantitative estimate of drug-likeness (QED) is 0.891. The molecule has 2 aliphatic rings. The number of hydrogen-bond acceptors (Lipinski definition) is 6. The van der Waals surface area contributed by atoms with Gasteiger partial charge in [-0.05, 0) is 24.6 Å². The Balaban J connectivity index is 1.72. The van der Waals surface area contributed by atoms with Gasteiger partial charge in [-0.1, -0.05) is 0 Å². The molecule has 8 nitrogen and oxygen atoms in total. The maximum Gasteiger partial charge on any atom is 0.417 e. The zero-order valence-corrected chi connectivity index (χ0v) is 13.9. The van der Waals surface area contributed by atoms with Gasteiger partial charge in [-0.25, -0.2) is 14.0 Å². The maximum atomic E-state index is 14.6. The van der Waals surface area contributed by atoms with Crippen molar-refractivity contribution in [3.8, 4) is 0 Å². The van der Waals surface area contributed by atoms with Crippen LogP contribution in [0.4, 0.5) is 25.4 Å². The lowest BCUT2D eigenvalue weighted by Gasteiger charge is -2.23. The highest BCUT2D eigenvalue weighted by atomic mass is 19.1. The second kappa shape index (κ2) is 7.56. The monoisotopic (exact) mass is 353 g/mol. The Labute approximate surface area is 144 Å². The van der Waals surface area contributed by atoms with Crippen LogP contribution in [-0.2, 0) is 14.2 Å². The van der Waals surface area contributed by atoms with E-state index in [0.717, 1.165) is 6.42 Å². The summed E-state index contributed by atoms with van der Waals surface area (Å²) in [6.07, 6.45) is -1.59. The van der Waals surface area contributed by atoms with Gasteiger partial charge >= 0.3 is 12.2 Å². The lowest BCUT2D eigenvalue weighted by molar-refractivity contribution is -0.0285. The molecule has 0 aromatic heterocycles. The highest BCUT2D eigenvalue weighted by molar-refractivity contribution is 5.90. The van der Waals surface area contributed by atoms with Gasteiger partial charge in [0.2, 0.25) is 0 Å². The largest absolute Gasteiger partial charge is 0.417 e. The molecule has 2 heterocycles. The molecule has 0 saturated carbocycles. The average molecular weight is 353 g/mol. The molecule has 2 amide bonds. The van der Waals surface area contributed by atoms with E-state index in [-0.39, 0.29) is 6.54 Å². The minimum Gasteiger partial charge on any atom is -0.407 e. The minimum absolute atomic E-state index is 0.00257. The van der Waals surface area contributed by atoms with Crippen molar-refractivity contribution in [2.24, 2.45) is 0 Å². The Morgan fingerprint density at radius 3 is 2.96 bits per heavy atom. The highest BCUT2D eigenvalue weighted by Gasteiger charge is 2.35. The van der Waals surface area contributed by atoms with Gasteiger partial charge in [0.1, 0.15) is 12.4 Å². The van der Waals surface area contributed by atoms with Crippen molar-refractivity contribution in [3.63, 3.8) is 0 Å². The first-order chi connectivity index (χ1) is 12.1. The van der Waals surface area contributed by atoms with Gasteiger partial charge in [-0.15, -0.1) is 0 Å². The van der Waals surface area contributed by atoms with Crippen LogP contribution in [0.1, 0.15) is 6.42 Å². The highest BCUT2D eigenvalue weighted by Crippen LogP contribution is 2.28. The van der Waals surface area contributed by atoms with Crippen LogP contribution in [0.15, 0.2) is 18.2 Å². The van der Waals surface area contributed by atoms with E-state index in [9.17, 15) is 14.0 Å². The van der Waals surface area contributed by atoms with Gasteiger partial charge in [0.05, 0.1) is 18.0 Å². The SMILES string of the molecule is CNC(=O)OC1CN(c2ccc(N3CCCOCC3)c(F)c2)C(=O)O1. The van der Waals surface area contributed by atoms with Crippen molar-refractivity contribution in [2.75, 3.05) is 49.7 Å². The van der Waals surface area contributed by atoms with Crippen LogP contribution < -0.4 is 15.1 Å². The lowest BCUT2D eigenvalue weighted by atomic mass is 10.2. The molecule has 0 spiro atoms. The van der Waals surface area contributed by atoms with Gasteiger partial charge in [-0.2, -0.15) is 0 Å². The molecule has 1 atom stereocenters. The minimum atomic E-state index is -1.03. The van der Waals surface area contributed by atoms with Crippen LogP contribution in [-0.4, -0.2) is 58.4 Å². The maximum absolute atomic E-state index is 14.6. The topological polar surface area (TPSA) is 80.3 Å². The number of amides is 2. The number of hydrogen-bond donors (Lipinski definition) is 1. The fourth-order valence-corrected chi connectivity index (χ4v) is 2.79. The first-order valence-corrected chi connectivity index (χ1v) is 8.07. The molecule has 0 aliphatic carbocycles. The van der Waals surface area contributed by atoms with E-state index in [0.29, 0.717) is 37.7 Å². The standard InChI is InChI=1S/C16H20FN3O5/c1-18-15(21)24-14-10-20(16(22)25-14)11-3-4-13(12(17)9-11)19-5-2-7-23-8-6-19/h3-4,9,14H,2,5-8,10H2,1H3,(H,18,21). The lowest BCUT2D eigenvalue weighted by Crippen LogP contribution is -2.30. The fourth-order valence-electron chi connectivity index (χ4n) is 2.79. The summed E-state index contributed by atoms with van der Waals surface area (Å²) >= 11 is 0. The number of benzene rings is 1. The number of carbonyl (C=O) groups is 2. The van der Waals surface area contributed by atoms with Crippen LogP contribution >= 0.6 is 0 Å². The summed E-state index contributed by atoms with van der Waals surface area (Å²) in [5.41, 5.74) is 0.820. The van der Waals surface area contributed by atoms with E-state index >= 15 is 0 Å². The zero-order valence-electron chi connectivity index (χ0n) is 13.9. The number of nitrogens with one attached hydrogen (secondary N) is 1. The third-order valence-corrected chi connectivity index (χ3v) is 4.03. The van der Waals surface area contributed by atoms with Crippen LogP contribution in [0.2, 0.25) is 0 Å². The van der Waals surface area contributed by atoms with Crippen molar-refractivity contribution in [1.82, 2.24) is 5.32 Å². The molecule has 0 bridgehead atoms.